The molecule has 0 bridgehead atoms. The van der Waals surface area contributed by atoms with E-state index in [1.54, 1.807) is 36.4 Å². The zero-order chi connectivity index (χ0) is 29.3. The van der Waals surface area contributed by atoms with Gasteiger partial charge < -0.3 is 15.0 Å². The molecule has 0 aromatic heterocycles. The van der Waals surface area contributed by atoms with Gasteiger partial charge in [0, 0.05) is 18.7 Å². The minimum Gasteiger partial charge on any atom is -0.497 e. The number of amides is 2. The highest BCUT2D eigenvalue weighted by Crippen LogP contribution is 2.27. The number of aryl methyl sites for hydroxylation is 1. The number of carbonyl (C=O) groups excluding carboxylic acids is 2. The number of nitrogens with zero attached hydrogens (tertiary/aromatic N) is 2. The topological polar surface area (TPSA) is 96.0 Å². The SMILES string of the molecule is CC[C@@H](C(=O)NC(C)C)N(CCc1ccccc1)C(=O)CN(c1cccc(OC)c1)S(=O)(=O)c1ccc(C)cc1. The van der Waals surface area contributed by atoms with E-state index in [0.29, 0.717) is 18.6 Å². The van der Waals surface area contributed by atoms with Gasteiger partial charge in [0.25, 0.3) is 10.0 Å². The Morgan fingerprint density at radius 1 is 0.950 bits per heavy atom. The Morgan fingerprint density at radius 3 is 2.23 bits per heavy atom. The molecule has 0 heterocycles. The third-order valence-electron chi connectivity index (χ3n) is 6.53. The van der Waals surface area contributed by atoms with Gasteiger partial charge in [-0.05, 0) is 63.4 Å². The third-order valence-corrected chi connectivity index (χ3v) is 8.32. The molecule has 0 saturated heterocycles. The van der Waals surface area contributed by atoms with Gasteiger partial charge in [-0.15, -0.1) is 0 Å². The van der Waals surface area contributed by atoms with Crippen molar-refractivity contribution in [3.63, 3.8) is 0 Å². The molecule has 3 aromatic carbocycles. The van der Waals surface area contributed by atoms with Crippen LogP contribution in [0.4, 0.5) is 5.69 Å². The second-order valence-electron chi connectivity index (χ2n) is 9.94. The Hall–Kier alpha value is -3.85. The van der Waals surface area contributed by atoms with Crippen molar-refractivity contribution in [3.8, 4) is 5.75 Å². The summed E-state index contributed by atoms with van der Waals surface area (Å²) in [7, 11) is -2.64. The van der Waals surface area contributed by atoms with Gasteiger partial charge in [-0.25, -0.2) is 8.42 Å². The number of anilines is 1. The predicted molar refractivity (Wildman–Crippen MR) is 158 cm³/mol. The number of sulfonamides is 1. The molecule has 1 atom stereocenters. The van der Waals surface area contributed by atoms with Crippen LogP contribution in [0.5, 0.6) is 5.75 Å². The van der Waals surface area contributed by atoms with Gasteiger partial charge in [-0.1, -0.05) is 61.0 Å². The van der Waals surface area contributed by atoms with E-state index in [4.69, 9.17) is 4.74 Å². The summed E-state index contributed by atoms with van der Waals surface area (Å²) in [4.78, 5) is 28.8. The van der Waals surface area contributed by atoms with Crippen LogP contribution < -0.4 is 14.4 Å². The monoisotopic (exact) mass is 565 g/mol. The minimum absolute atomic E-state index is 0.0640. The Kier molecular flexibility index (Phi) is 10.7. The number of methoxy groups -OCH3 is 1. The number of ether oxygens (including phenoxy) is 1. The normalized spacial score (nSPS) is 12.1. The standard InChI is InChI=1S/C31H39N3O5S/c1-6-29(31(36)32-23(2)3)33(20-19-25-11-8-7-9-12-25)30(35)22-34(26-13-10-14-27(21-26)39-5)40(37,38)28-17-15-24(4)16-18-28/h7-18,21,23,29H,6,19-20,22H2,1-5H3,(H,32,36)/t29-/m0/s1. The molecule has 214 valence electrons. The Labute approximate surface area is 238 Å². The summed E-state index contributed by atoms with van der Waals surface area (Å²) in [6.07, 6.45) is 0.894. The first kappa shape index (κ1) is 30.7. The summed E-state index contributed by atoms with van der Waals surface area (Å²) < 4.78 is 34.3. The predicted octanol–water partition coefficient (Wildman–Crippen LogP) is 4.57. The third kappa shape index (κ3) is 7.85. The Balaban J connectivity index is 2.03. The fourth-order valence-corrected chi connectivity index (χ4v) is 5.81. The fourth-order valence-electron chi connectivity index (χ4n) is 4.41. The lowest BCUT2D eigenvalue weighted by atomic mass is 10.1. The van der Waals surface area contributed by atoms with Crippen molar-refractivity contribution in [1.29, 1.82) is 0 Å². The molecule has 1 N–H and O–H groups in total. The van der Waals surface area contributed by atoms with Crippen molar-refractivity contribution >= 4 is 27.5 Å². The minimum atomic E-state index is -4.13. The maximum absolute atomic E-state index is 14.0. The lowest BCUT2D eigenvalue weighted by Gasteiger charge is -2.33. The van der Waals surface area contributed by atoms with Crippen LogP contribution in [-0.4, -0.2) is 57.4 Å². The van der Waals surface area contributed by atoms with Crippen LogP contribution in [0.3, 0.4) is 0 Å². The molecule has 8 nitrogen and oxygen atoms in total. The molecule has 0 aliphatic heterocycles. The molecule has 9 heteroatoms. The van der Waals surface area contributed by atoms with Crippen molar-refractivity contribution in [1.82, 2.24) is 10.2 Å². The highest BCUT2D eigenvalue weighted by molar-refractivity contribution is 7.92. The lowest BCUT2D eigenvalue weighted by Crippen LogP contribution is -2.54. The van der Waals surface area contributed by atoms with Gasteiger partial charge in [0.1, 0.15) is 18.3 Å². The van der Waals surface area contributed by atoms with Crippen LogP contribution in [0.2, 0.25) is 0 Å². The molecule has 2 amide bonds. The van der Waals surface area contributed by atoms with Crippen LogP contribution >= 0.6 is 0 Å². The molecule has 0 unspecified atom stereocenters. The lowest BCUT2D eigenvalue weighted by molar-refractivity contribution is -0.139. The number of hydrogen-bond acceptors (Lipinski definition) is 5. The van der Waals surface area contributed by atoms with Gasteiger partial charge in [0.2, 0.25) is 11.8 Å². The molecule has 40 heavy (non-hydrogen) atoms. The highest BCUT2D eigenvalue weighted by atomic mass is 32.2. The van der Waals surface area contributed by atoms with E-state index in [1.165, 1.54) is 24.1 Å². The molecule has 0 aliphatic carbocycles. The van der Waals surface area contributed by atoms with Gasteiger partial charge >= 0.3 is 0 Å². The summed E-state index contributed by atoms with van der Waals surface area (Å²) in [6, 6.07) is 21.9. The van der Waals surface area contributed by atoms with Crippen LogP contribution in [0.25, 0.3) is 0 Å². The van der Waals surface area contributed by atoms with Crippen molar-refractivity contribution in [2.45, 2.75) is 57.5 Å². The molecule has 3 aromatic rings. The van der Waals surface area contributed by atoms with E-state index < -0.39 is 28.5 Å². The van der Waals surface area contributed by atoms with Gasteiger partial charge in [-0.2, -0.15) is 0 Å². The average molecular weight is 566 g/mol. The second-order valence-corrected chi connectivity index (χ2v) is 11.8. The fraction of sp³-hybridized carbons (Fsp3) is 0.355. The van der Waals surface area contributed by atoms with Crippen LogP contribution in [0.15, 0.2) is 83.8 Å². The van der Waals surface area contributed by atoms with E-state index in [2.05, 4.69) is 5.32 Å². The van der Waals surface area contributed by atoms with Gasteiger partial charge in [0.15, 0.2) is 0 Å². The molecular formula is C31H39N3O5S. The molecule has 0 radical (unpaired) electrons. The van der Waals surface area contributed by atoms with E-state index >= 15 is 0 Å². The first-order chi connectivity index (χ1) is 19.1. The van der Waals surface area contributed by atoms with E-state index in [1.807, 2.05) is 58.0 Å². The zero-order valence-electron chi connectivity index (χ0n) is 23.8. The number of carbonyl (C=O) groups is 2. The molecule has 0 saturated carbocycles. The van der Waals surface area contributed by atoms with Crippen LogP contribution in [0.1, 0.15) is 38.3 Å². The first-order valence-electron chi connectivity index (χ1n) is 13.4. The maximum Gasteiger partial charge on any atom is 0.264 e. The molecular weight excluding hydrogens is 526 g/mol. The Bertz CT molecular complexity index is 1380. The quantitative estimate of drug-likeness (QED) is 0.328. The molecule has 0 spiro atoms. The van der Waals surface area contributed by atoms with Crippen molar-refractivity contribution in [2.24, 2.45) is 0 Å². The molecule has 3 rings (SSSR count). The molecule has 0 fully saturated rings. The van der Waals surface area contributed by atoms with E-state index in [9.17, 15) is 18.0 Å². The Morgan fingerprint density at radius 2 is 1.62 bits per heavy atom. The maximum atomic E-state index is 14.0. The van der Waals surface area contributed by atoms with Crippen molar-refractivity contribution in [2.75, 3.05) is 24.5 Å². The summed E-state index contributed by atoms with van der Waals surface area (Å²) in [5.41, 5.74) is 2.21. The summed E-state index contributed by atoms with van der Waals surface area (Å²) in [5, 5.41) is 2.91. The van der Waals surface area contributed by atoms with Crippen molar-refractivity contribution in [3.05, 3.63) is 90.0 Å². The van der Waals surface area contributed by atoms with Crippen LogP contribution in [0, 0.1) is 6.92 Å². The average Bonchev–Trinajstić information content (AvgIpc) is 2.94. The molecule has 0 aliphatic rings. The highest BCUT2D eigenvalue weighted by Gasteiger charge is 2.33. The summed E-state index contributed by atoms with van der Waals surface area (Å²) in [5.74, 6) is -0.286. The largest absolute Gasteiger partial charge is 0.497 e. The summed E-state index contributed by atoms with van der Waals surface area (Å²) >= 11 is 0. The van der Waals surface area contributed by atoms with Crippen LogP contribution in [-0.2, 0) is 26.0 Å². The second kappa shape index (κ2) is 14.0. The van der Waals surface area contributed by atoms with E-state index in [-0.39, 0.29) is 29.1 Å². The summed E-state index contributed by atoms with van der Waals surface area (Å²) in [6.45, 7) is 7.21. The zero-order valence-corrected chi connectivity index (χ0v) is 24.6. The smallest absolute Gasteiger partial charge is 0.264 e. The number of nitrogens with one attached hydrogen (secondary N) is 1. The first-order valence-corrected chi connectivity index (χ1v) is 14.9. The van der Waals surface area contributed by atoms with Gasteiger partial charge in [-0.3, -0.25) is 13.9 Å². The van der Waals surface area contributed by atoms with Gasteiger partial charge in [0.05, 0.1) is 17.7 Å². The van der Waals surface area contributed by atoms with Crippen molar-refractivity contribution < 1.29 is 22.7 Å². The number of benzene rings is 3. The number of hydrogen-bond donors (Lipinski definition) is 1. The van der Waals surface area contributed by atoms with E-state index in [0.717, 1.165) is 15.4 Å². The number of rotatable bonds is 13.